The van der Waals surface area contributed by atoms with Crippen molar-refractivity contribution in [2.75, 3.05) is 11.9 Å². The van der Waals surface area contributed by atoms with Crippen molar-refractivity contribution in [1.29, 1.82) is 0 Å². The predicted octanol–water partition coefficient (Wildman–Crippen LogP) is 5.39. The second kappa shape index (κ2) is 7.50. The molecule has 1 atom stereocenters. The normalized spacial score (nSPS) is 16.1. The Labute approximate surface area is 164 Å². The number of nitrogens with one attached hydrogen (secondary N) is 1. The lowest BCUT2D eigenvalue weighted by Gasteiger charge is -2.37. The fraction of sp³-hybridized carbons (Fsp3) is 0.261. The van der Waals surface area contributed by atoms with Crippen molar-refractivity contribution >= 4 is 11.7 Å². The molecule has 0 radical (unpaired) electrons. The van der Waals surface area contributed by atoms with E-state index in [-0.39, 0.29) is 11.8 Å². The number of aromatic nitrogens is 1. The van der Waals surface area contributed by atoms with Crippen LogP contribution in [0.4, 0.5) is 14.9 Å². The van der Waals surface area contributed by atoms with Gasteiger partial charge in [0.25, 0.3) is 0 Å². The van der Waals surface area contributed by atoms with Crippen molar-refractivity contribution in [1.82, 2.24) is 9.47 Å². The number of nitrogens with zero attached hydrogens (tertiary/aromatic N) is 2. The maximum Gasteiger partial charge on any atom is 0.322 e. The third-order valence-corrected chi connectivity index (χ3v) is 5.33. The van der Waals surface area contributed by atoms with Crippen molar-refractivity contribution in [3.63, 3.8) is 0 Å². The Morgan fingerprint density at radius 2 is 1.79 bits per heavy atom. The maximum absolute atomic E-state index is 14.6. The Bertz CT molecular complexity index is 978. The Morgan fingerprint density at radius 1 is 1.04 bits per heavy atom. The zero-order chi connectivity index (χ0) is 19.7. The van der Waals surface area contributed by atoms with E-state index < -0.39 is 6.04 Å². The zero-order valence-corrected chi connectivity index (χ0v) is 16.1. The second-order valence-corrected chi connectivity index (χ2v) is 7.45. The fourth-order valence-corrected chi connectivity index (χ4v) is 3.77. The first-order chi connectivity index (χ1) is 13.5. The molecule has 0 saturated heterocycles. The molecule has 144 valence electrons. The molecule has 0 fully saturated rings. The summed E-state index contributed by atoms with van der Waals surface area (Å²) in [5, 5.41) is 2.98. The van der Waals surface area contributed by atoms with E-state index in [0.29, 0.717) is 24.6 Å². The monoisotopic (exact) mass is 377 g/mol. The number of carbonyl (C=O) groups excluding carboxylic acids is 1. The van der Waals surface area contributed by atoms with Gasteiger partial charge in [0.05, 0.1) is 0 Å². The number of hydrogen-bond donors (Lipinski definition) is 1. The minimum absolute atomic E-state index is 0.224. The van der Waals surface area contributed by atoms with E-state index in [1.54, 1.807) is 23.1 Å². The molecule has 0 saturated carbocycles. The molecule has 0 unspecified atom stereocenters. The predicted molar refractivity (Wildman–Crippen MR) is 109 cm³/mol. The molecule has 2 aromatic carbocycles. The Balaban J connectivity index is 1.63. The summed E-state index contributed by atoms with van der Waals surface area (Å²) in [6.07, 6.45) is 1.98. The van der Waals surface area contributed by atoms with E-state index in [9.17, 15) is 9.18 Å². The van der Waals surface area contributed by atoms with Crippen molar-refractivity contribution in [3.8, 4) is 0 Å². The number of fused-ring (bicyclic) bond motifs is 1. The van der Waals surface area contributed by atoms with E-state index in [1.165, 1.54) is 11.6 Å². The Morgan fingerprint density at radius 3 is 2.50 bits per heavy atom. The van der Waals surface area contributed by atoms with Crippen LogP contribution in [-0.4, -0.2) is 22.0 Å². The lowest BCUT2D eigenvalue weighted by atomic mass is 9.99. The summed E-state index contributed by atoms with van der Waals surface area (Å²) >= 11 is 0. The summed E-state index contributed by atoms with van der Waals surface area (Å²) in [5.41, 5.74) is 3.38. The highest BCUT2D eigenvalue weighted by Gasteiger charge is 2.33. The quantitative estimate of drug-likeness (QED) is 0.653. The van der Waals surface area contributed by atoms with Gasteiger partial charge >= 0.3 is 6.03 Å². The van der Waals surface area contributed by atoms with Crippen molar-refractivity contribution < 1.29 is 9.18 Å². The summed E-state index contributed by atoms with van der Waals surface area (Å²) in [7, 11) is 0. The van der Waals surface area contributed by atoms with Crippen LogP contribution in [0, 0.1) is 5.82 Å². The zero-order valence-electron chi connectivity index (χ0n) is 16.1. The first-order valence-corrected chi connectivity index (χ1v) is 9.61. The van der Waals surface area contributed by atoms with Crippen LogP contribution in [0.25, 0.3) is 0 Å². The largest absolute Gasteiger partial charge is 0.348 e. The van der Waals surface area contributed by atoms with Gasteiger partial charge in [-0.05, 0) is 41.8 Å². The van der Waals surface area contributed by atoms with Gasteiger partial charge in [0.2, 0.25) is 0 Å². The molecule has 5 heteroatoms. The highest BCUT2D eigenvalue weighted by Crippen LogP contribution is 2.34. The van der Waals surface area contributed by atoms with Gasteiger partial charge in [-0.15, -0.1) is 0 Å². The fourth-order valence-electron chi connectivity index (χ4n) is 3.77. The lowest BCUT2D eigenvalue weighted by molar-refractivity contribution is 0.180. The molecule has 4 rings (SSSR count). The molecule has 4 nitrogen and oxygen atoms in total. The second-order valence-electron chi connectivity index (χ2n) is 7.45. The Kier molecular flexibility index (Phi) is 4.90. The summed E-state index contributed by atoms with van der Waals surface area (Å²) < 4.78 is 16.7. The molecule has 28 heavy (non-hydrogen) atoms. The minimum Gasteiger partial charge on any atom is -0.348 e. The highest BCUT2D eigenvalue weighted by molar-refractivity contribution is 5.90. The number of hydrogen-bond acceptors (Lipinski definition) is 1. The lowest BCUT2D eigenvalue weighted by Crippen LogP contribution is -2.44. The van der Waals surface area contributed by atoms with Gasteiger partial charge in [-0.3, -0.25) is 0 Å². The molecule has 0 spiro atoms. The van der Waals surface area contributed by atoms with Crippen LogP contribution in [0.3, 0.4) is 0 Å². The molecule has 2 heterocycles. The third kappa shape index (κ3) is 3.40. The van der Waals surface area contributed by atoms with Crippen molar-refractivity contribution in [3.05, 3.63) is 89.5 Å². The molecular weight excluding hydrogens is 353 g/mol. The van der Waals surface area contributed by atoms with Gasteiger partial charge in [-0.1, -0.05) is 44.2 Å². The summed E-state index contributed by atoms with van der Waals surface area (Å²) in [5.74, 6) is 0.131. The van der Waals surface area contributed by atoms with E-state index in [4.69, 9.17) is 0 Å². The Hall–Kier alpha value is -3.08. The maximum atomic E-state index is 14.6. The minimum atomic E-state index is -0.458. The molecular formula is C23H24FN3O. The molecule has 0 aliphatic carbocycles. The van der Waals surface area contributed by atoms with Crippen LogP contribution >= 0.6 is 0 Å². The average Bonchev–Trinajstić information content (AvgIpc) is 3.17. The van der Waals surface area contributed by atoms with E-state index in [2.05, 4.69) is 23.7 Å². The van der Waals surface area contributed by atoms with E-state index >= 15 is 0 Å². The molecule has 1 N–H and O–H groups in total. The number of carbonyl (C=O) groups is 1. The van der Waals surface area contributed by atoms with Crippen molar-refractivity contribution in [2.45, 2.75) is 32.4 Å². The van der Waals surface area contributed by atoms with E-state index in [0.717, 1.165) is 11.4 Å². The molecule has 1 aliphatic heterocycles. The van der Waals surface area contributed by atoms with Gasteiger partial charge in [-0.2, -0.15) is 0 Å². The number of rotatable bonds is 3. The SMILES string of the molecule is CC(C)c1ccc(NC(=O)N2CCn3cccc3[C@H]2c2ccccc2F)cc1. The van der Waals surface area contributed by atoms with Crippen LogP contribution in [-0.2, 0) is 6.54 Å². The standard InChI is InChI=1S/C23H24FN3O/c1-16(2)17-9-11-18(12-10-17)25-23(28)27-15-14-26-13-5-8-21(26)22(27)19-6-3-4-7-20(19)24/h3-13,16,22H,14-15H2,1-2H3,(H,25,28)/t22-/m1/s1. The molecule has 0 bridgehead atoms. The average molecular weight is 377 g/mol. The van der Waals surface area contributed by atoms with Crippen LogP contribution in [0.15, 0.2) is 66.9 Å². The van der Waals surface area contributed by atoms with Gasteiger partial charge in [0.15, 0.2) is 0 Å². The van der Waals surface area contributed by atoms with Crippen LogP contribution in [0.1, 0.15) is 42.6 Å². The van der Waals surface area contributed by atoms with Gasteiger partial charge in [0, 0.05) is 36.2 Å². The van der Waals surface area contributed by atoms with Gasteiger partial charge < -0.3 is 14.8 Å². The van der Waals surface area contributed by atoms with Gasteiger partial charge in [-0.25, -0.2) is 9.18 Å². The van der Waals surface area contributed by atoms with Crippen LogP contribution in [0.5, 0.6) is 0 Å². The first kappa shape index (κ1) is 18.3. The third-order valence-electron chi connectivity index (χ3n) is 5.33. The highest BCUT2D eigenvalue weighted by atomic mass is 19.1. The van der Waals surface area contributed by atoms with E-state index in [1.807, 2.05) is 42.6 Å². The van der Waals surface area contributed by atoms with Gasteiger partial charge in [0.1, 0.15) is 11.9 Å². The molecule has 2 amide bonds. The number of halogens is 1. The summed E-state index contributed by atoms with van der Waals surface area (Å²) in [4.78, 5) is 14.8. The smallest absolute Gasteiger partial charge is 0.322 e. The number of urea groups is 1. The molecule has 1 aliphatic rings. The van der Waals surface area contributed by atoms with Crippen molar-refractivity contribution in [2.24, 2.45) is 0 Å². The van der Waals surface area contributed by atoms with Crippen LogP contribution < -0.4 is 5.32 Å². The molecule has 1 aromatic heterocycles. The topological polar surface area (TPSA) is 37.3 Å². The van der Waals surface area contributed by atoms with Crippen LogP contribution in [0.2, 0.25) is 0 Å². The number of anilines is 1. The number of benzene rings is 2. The first-order valence-electron chi connectivity index (χ1n) is 9.61. The number of amides is 2. The summed E-state index contributed by atoms with van der Waals surface area (Å²) in [6.45, 7) is 5.47. The summed E-state index contributed by atoms with van der Waals surface area (Å²) in [6, 6.07) is 17.8. The molecule has 3 aromatic rings.